The van der Waals surface area contributed by atoms with Crippen molar-refractivity contribution in [3.63, 3.8) is 0 Å². The molecule has 0 aliphatic carbocycles. The lowest BCUT2D eigenvalue weighted by Crippen LogP contribution is -2.46. The third kappa shape index (κ3) is 5.26. The first kappa shape index (κ1) is 13.4. The van der Waals surface area contributed by atoms with Gasteiger partial charge in [0.2, 0.25) is 10.0 Å². The van der Waals surface area contributed by atoms with Crippen LogP contribution in [0.1, 0.15) is 0 Å². The van der Waals surface area contributed by atoms with Crippen molar-refractivity contribution in [1.82, 2.24) is 14.5 Å². The summed E-state index contributed by atoms with van der Waals surface area (Å²) in [7, 11) is -0.999. The van der Waals surface area contributed by atoms with Gasteiger partial charge in [-0.05, 0) is 7.05 Å². The number of nitrogens with one attached hydrogen (secondary N) is 1. The van der Waals surface area contributed by atoms with E-state index in [1.165, 1.54) is 0 Å². The molecule has 0 atom stereocenters. The summed E-state index contributed by atoms with van der Waals surface area (Å²) in [4.78, 5) is 4.55. The Morgan fingerprint density at radius 3 is 2.40 bits per heavy atom. The van der Waals surface area contributed by atoms with Crippen molar-refractivity contribution in [2.24, 2.45) is 0 Å². The number of nitrogens with zero attached hydrogens (tertiary/aromatic N) is 2. The summed E-state index contributed by atoms with van der Waals surface area (Å²) < 4.78 is 24.7. The fourth-order valence-electron chi connectivity index (χ4n) is 1.47. The monoisotopic (exact) mass is 299 g/mol. The number of halogens is 1. The van der Waals surface area contributed by atoms with Crippen LogP contribution in [0.4, 0.5) is 0 Å². The summed E-state index contributed by atoms with van der Waals surface area (Å²) >= 11 is 2.93. The first-order chi connectivity index (χ1) is 7.03. The summed E-state index contributed by atoms with van der Waals surface area (Å²) in [6, 6.07) is 0. The highest BCUT2D eigenvalue weighted by atomic mass is 79.9. The number of likely N-dealkylation sites (N-methyl/N-ethyl adjacent to an activating group) is 1. The average molecular weight is 300 g/mol. The molecule has 0 bridgehead atoms. The van der Waals surface area contributed by atoms with Gasteiger partial charge in [0.1, 0.15) is 4.66 Å². The maximum atomic E-state index is 11.1. The van der Waals surface area contributed by atoms with Gasteiger partial charge in [0.15, 0.2) is 0 Å². The van der Waals surface area contributed by atoms with Crippen molar-refractivity contribution in [2.75, 3.05) is 51.0 Å². The molecule has 1 N–H and O–H groups in total. The second-order valence-electron chi connectivity index (χ2n) is 3.76. The first-order valence-electron chi connectivity index (χ1n) is 4.98. The van der Waals surface area contributed by atoms with Gasteiger partial charge in [0.25, 0.3) is 0 Å². The van der Waals surface area contributed by atoms with Crippen LogP contribution in [0, 0.1) is 0 Å². The van der Waals surface area contributed by atoms with Crippen LogP contribution in [0.3, 0.4) is 0 Å². The minimum absolute atomic E-state index is 0.0251. The van der Waals surface area contributed by atoms with Crippen molar-refractivity contribution in [3.05, 3.63) is 0 Å². The van der Waals surface area contributed by atoms with Gasteiger partial charge in [-0.15, -0.1) is 0 Å². The van der Waals surface area contributed by atoms with E-state index >= 15 is 0 Å². The molecule has 0 aromatic heterocycles. The quantitative estimate of drug-likeness (QED) is 0.696. The summed E-state index contributed by atoms with van der Waals surface area (Å²) in [6.07, 6.45) is 0. The fourth-order valence-corrected chi connectivity index (χ4v) is 2.43. The minimum Gasteiger partial charge on any atom is -0.304 e. The Bertz CT molecular complexity index is 276. The molecule has 0 aromatic rings. The largest absolute Gasteiger partial charge is 0.304 e. The van der Waals surface area contributed by atoms with Crippen LogP contribution in [0.5, 0.6) is 0 Å². The molecule has 5 nitrogen and oxygen atoms in total. The molecule has 1 rings (SSSR count). The minimum atomic E-state index is -3.10. The highest BCUT2D eigenvalue weighted by Crippen LogP contribution is 1.98. The van der Waals surface area contributed by atoms with Gasteiger partial charge in [-0.2, -0.15) is 0 Å². The average Bonchev–Trinajstić information content (AvgIpc) is 2.21. The van der Waals surface area contributed by atoms with Crippen LogP contribution in [-0.4, -0.2) is 69.2 Å². The molecule has 0 unspecified atom stereocenters. The Labute approximate surface area is 100.0 Å². The summed E-state index contributed by atoms with van der Waals surface area (Å²) in [5, 5.41) is 0. The Morgan fingerprint density at radius 2 is 1.87 bits per heavy atom. The lowest BCUT2D eigenvalue weighted by atomic mass is 10.3. The first-order valence-corrected chi connectivity index (χ1v) is 7.75. The fraction of sp³-hybridized carbons (Fsp3) is 1.00. The summed E-state index contributed by atoms with van der Waals surface area (Å²) in [5.41, 5.74) is 0. The molecule has 1 aliphatic rings. The van der Waals surface area contributed by atoms with Crippen molar-refractivity contribution < 1.29 is 8.42 Å². The van der Waals surface area contributed by atoms with Crippen LogP contribution in [0.15, 0.2) is 0 Å². The molecular formula is C8H18BrN3O2S. The molecule has 0 radical (unpaired) electrons. The predicted molar refractivity (Wildman–Crippen MR) is 64.7 cm³/mol. The Hall–Kier alpha value is 0.310. The Balaban J connectivity index is 2.16. The van der Waals surface area contributed by atoms with Gasteiger partial charge in [-0.3, -0.25) is 4.90 Å². The van der Waals surface area contributed by atoms with Gasteiger partial charge in [0, 0.05) is 39.3 Å². The van der Waals surface area contributed by atoms with E-state index < -0.39 is 10.0 Å². The third-order valence-corrected chi connectivity index (χ3v) is 5.23. The van der Waals surface area contributed by atoms with Gasteiger partial charge >= 0.3 is 0 Å². The Morgan fingerprint density at radius 1 is 1.27 bits per heavy atom. The number of hydrogen-bond donors (Lipinski definition) is 1. The molecular weight excluding hydrogens is 282 g/mol. The summed E-state index contributed by atoms with van der Waals surface area (Å²) in [5.74, 6) is 0. The maximum Gasteiger partial charge on any atom is 0.221 e. The van der Waals surface area contributed by atoms with E-state index in [1.54, 1.807) is 0 Å². The second kappa shape index (κ2) is 6.15. The molecule has 1 aliphatic heterocycles. The van der Waals surface area contributed by atoms with Crippen LogP contribution in [0.2, 0.25) is 0 Å². The molecule has 1 fully saturated rings. The van der Waals surface area contributed by atoms with Crippen LogP contribution in [0.25, 0.3) is 0 Å². The number of hydrogen-bond acceptors (Lipinski definition) is 4. The zero-order valence-electron chi connectivity index (χ0n) is 8.95. The van der Waals surface area contributed by atoms with Gasteiger partial charge < -0.3 is 4.90 Å². The van der Waals surface area contributed by atoms with E-state index in [0.29, 0.717) is 6.54 Å². The highest BCUT2D eigenvalue weighted by molar-refractivity contribution is 9.10. The zero-order valence-corrected chi connectivity index (χ0v) is 11.3. The molecule has 90 valence electrons. The molecule has 0 spiro atoms. The van der Waals surface area contributed by atoms with Crippen LogP contribution < -0.4 is 4.72 Å². The molecule has 1 heterocycles. The van der Waals surface area contributed by atoms with E-state index in [1.807, 2.05) is 0 Å². The number of rotatable bonds is 5. The topological polar surface area (TPSA) is 52.6 Å². The van der Waals surface area contributed by atoms with E-state index in [4.69, 9.17) is 0 Å². The molecule has 1 saturated heterocycles. The maximum absolute atomic E-state index is 11.1. The molecule has 7 heteroatoms. The number of sulfonamides is 1. The molecule has 0 aromatic carbocycles. The predicted octanol–water partition coefficient (Wildman–Crippen LogP) is -0.494. The standard InChI is InChI=1S/C8H18BrN3O2S/c1-11-4-6-12(7-5-11)3-2-10-15(13,14)8-9/h10H,2-8H2,1H3. The summed E-state index contributed by atoms with van der Waals surface area (Å²) in [6.45, 7) is 5.45. The number of alkyl halides is 1. The SMILES string of the molecule is CN1CCN(CCNS(=O)(=O)CBr)CC1. The van der Waals surface area contributed by atoms with E-state index in [0.717, 1.165) is 32.7 Å². The smallest absolute Gasteiger partial charge is 0.221 e. The van der Waals surface area contributed by atoms with Gasteiger partial charge in [0.05, 0.1) is 0 Å². The third-order valence-electron chi connectivity index (χ3n) is 2.49. The normalized spacial score (nSPS) is 20.7. The number of piperazine rings is 1. The zero-order chi connectivity index (χ0) is 11.3. The highest BCUT2D eigenvalue weighted by Gasteiger charge is 2.14. The molecule has 15 heavy (non-hydrogen) atoms. The Kier molecular flexibility index (Phi) is 5.48. The molecule has 0 saturated carbocycles. The van der Waals surface area contributed by atoms with Crippen LogP contribution in [-0.2, 0) is 10.0 Å². The van der Waals surface area contributed by atoms with E-state index in [-0.39, 0.29) is 4.66 Å². The van der Waals surface area contributed by atoms with Gasteiger partial charge in [-0.25, -0.2) is 13.1 Å². The van der Waals surface area contributed by atoms with E-state index in [2.05, 4.69) is 37.5 Å². The second-order valence-corrected chi connectivity index (χ2v) is 6.87. The van der Waals surface area contributed by atoms with Crippen molar-refractivity contribution >= 4 is 26.0 Å². The van der Waals surface area contributed by atoms with Crippen LogP contribution >= 0.6 is 15.9 Å². The van der Waals surface area contributed by atoms with Crippen molar-refractivity contribution in [1.29, 1.82) is 0 Å². The van der Waals surface area contributed by atoms with E-state index in [9.17, 15) is 8.42 Å². The lowest BCUT2D eigenvalue weighted by Gasteiger charge is -2.32. The van der Waals surface area contributed by atoms with Gasteiger partial charge in [-0.1, -0.05) is 15.9 Å². The lowest BCUT2D eigenvalue weighted by molar-refractivity contribution is 0.156. The van der Waals surface area contributed by atoms with Crippen molar-refractivity contribution in [3.8, 4) is 0 Å². The van der Waals surface area contributed by atoms with Crippen molar-refractivity contribution in [2.45, 2.75) is 0 Å². The molecule has 0 amide bonds.